The standard InChI is InChI=1S/C10H6N4/c11-13-9-5-1-3-7-8(9)4-2-6-10(7)14-12/h1-6H/q+2. The van der Waals surface area contributed by atoms with Crippen LogP contribution in [0.25, 0.3) is 20.7 Å². The predicted molar refractivity (Wildman–Crippen MR) is 53.4 cm³/mol. The second-order valence-corrected chi connectivity index (χ2v) is 2.85. The van der Waals surface area contributed by atoms with Crippen LogP contribution in [0.1, 0.15) is 0 Å². The number of fused-ring (bicyclic) bond motifs is 1. The Morgan fingerprint density at radius 2 is 1.14 bits per heavy atom. The van der Waals surface area contributed by atoms with Gasteiger partial charge in [-0.15, -0.1) is 0 Å². The molecular weight excluding hydrogens is 176 g/mol. The van der Waals surface area contributed by atoms with Crippen molar-refractivity contribution in [3.8, 4) is 0 Å². The Hall–Kier alpha value is -2.46. The molecule has 0 atom stereocenters. The van der Waals surface area contributed by atoms with E-state index < -0.39 is 0 Å². The summed E-state index contributed by atoms with van der Waals surface area (Å²) in [4.78, 5) is 6.30. The lowest BCUT2D eigenvalue weighted by Crippen LogP contribution is -1.72. The minimum absolute atomic E-state index is 0.466. The summed E-state index contributed by atoms with van der Waals surface area (Å²) in [6, 6.07) is 10.5. The van der Waals surface area contributed by atoms with E-state index in [0.717, 1.165) is 10.8 Å². The van der Waals surface area contributed by atoms with Gasteiger partial charge in [0.05, 0.1) is 10.8 Å². The summed E-state index contributed by atoms with van der Waals surface area (Å²) in [6.45, 7) is 0. The van der Waals surface area contributed by atoms with Crippen molar-refractivity contribution >= 4 is 22.1 Å². The summed E-state index contributed by atoms with van der Waals surface area (Å²) < 4.78 is 0. The third-order valence-corrected chi connectivity index (χ3v) is 2.09. The molecule has 2 rings (SSSR count). The molecule has 0 saturated heterocycles. The van der Waals surface area contributed by atoms with Crippen molar-refractivity contribution in [1.82, 2.24) is 0 Å². The van der Waals surface area contributed by atoms with Crippen LogP contribution in [0, 0.1) is 10.8 Å². The van der Waals surface area contributed by atoms with Gasteiger partial charge in [-0.1, -0.05) is 12.1 Å². The van der Waals surface area contributed by atoms with Crippen molar-refractivity contribution in [1.29, 1.82) is 10.8 Å². The number of rotatable bonds is 0. The lowest BCUT2D eigenvalue weighted by molar-refractivity contribution is 1.46. The Kier molecular flexibility index (Phi) is 1.82. The lowest BCUT2D eigenvalue weighted by Gasteiger charge is -1.88. The number of hydrogen-bond donors (Lipinski definition) is 0. The number of benzene rings is 2. The summed E-state index contributed by atoms with van der Waals surface area (Å²) in [5.41, 5.74) is 0.931. The summed E-state index contributed by atoms with van der Waals surface area (Å²) >= 11 is 0. The Bertz CT molecular complexity index is 521. The van der Waals surface area contributed by atoms with E-state index in [4.69, 9.17) is 10.8 Å². The van der Waals surface area contributed by atoms with E-state index in [-0.39, 0.29) is 0 Å². The summed E-state index contributed by atoms with van der Waals surface area (Å²) in [5, 5.41) is 19.0. The quantitative estimate of drug-likeness (QED) is 0.581. The zero-order valence-electron chi connectivity index (χ0n) is 7.25. The molecule has 2 aromatic rings. The van der Waals surface area contributed by atoms with Crippen LogP contribution in [-0.2, 0) is 0 Å². The van der Waals surface area contributed by atoms with E-state index in [1.807, 2.05) is 0 Å². The van der Waals surface area contributed by atoms with E-state index in [1.165, 1.54) is 0 Å². The maximum absolute atomic E-state index is 8.73. The fourth-order valence-corrected chi connectivity index (χ4v) is 1.45. The zero-order valence-corrected chi connectivity index (χ0v) is 7.25. The van der Waals surface area contributed by atoms with E-state index in [0.29, 0.717) is 11.4 Å². The lowest BCUT2D eigenvalue weighted by atomic mass is 10.1. The molecule has 0 N–H and O–H groups in total. The monoisotopic (exact) mass is 182 g/mol. The minimum atomic E-state index is 0.466. The second-order valence-electron chi connectivity index (χ2n) is 2.85. The first-order valence-electron chi connectivity index (χ1n) is 4.09. The second kappa shape index (κ2) is 3.12. The van der Waals surface area contributed by atoms with Crippen molar-refractivity contribution in [2.75, 3.05) is 0 Å². The van der Waals surface area contributed by atoms with Gasteiger partial charge in [-0.25, -0.2) is 0 Å². The first-order chi connectivity index (χ1) is 6.86. The third-order valence-electron chi connectivity index (χ3n) is 2.09. The SMILES string of the molecule is N#[N+]c1cccc2c([N+]#N)cccc12. The molecule has 4 heteroatoms. The first kappa shape index (κ1) is 8.15. The minimum Gasteiger partial charge on any atom is -0.0533 e. The molecule has 4 nitrogen and oxygen atoms in total. The van der Waals surface area contributed by atoms with Gasteiger partial charge in [-0.2, -0.15) is 0 Å². The van der Waals surface area contributed by atoms with Crippen molar-refractivity contribution in [2.24, 2.45) is 0 Å². The highest BCUT2D eigenvalue weighted by molar-refractivity contribution is 6.01. The van der Waals surface area contributed by atoms with E-state index >= 15 is 0 Å². The van der Waals surface area contributed by atoms with Gasteiger partial charge in [0.1, 0.15) is 0 Å². The largest absolute Gasteiger partial charge is 0.393 e. The molecule has 0 spiro atoms. The Balaban J connectivity index is 2.95. The average molecular weight is 182 g/mol. The van der Waals surface area contributed by atoms with Crippen molar-refractivity contribution in [2.45, 2.75) is 0 Å². The van der Waals surface area contributed by atoms with Crippen LogP contribution in [0.15, 0.2) is 36.4 Å². The number of hydrogen-bond acceptors (Lipinski definition) is 2. The van der Waals surface area contributed by atoms with Crippen LogP contribution in [-0.4, -0.2) is 0 Å². The molecule has 0 aromatic heterocycles. The maximum atomic E-state index is 8.73. The van der Waals surface area contributed by atoms with E-state index in [9.17, 15) is 0 Å². The highest BCUT2D eigenvalue weighted by atomic mass is 14.9. The molecule has 0 heterocycles. The van der Waals surface area contributed by atoms with E-state index in [1.54, 1.807) is 36.4 Å². The Labute approximate surface area is 80.0 Å². The first-order valence-corrected chi connectivity index (χ1v) is 4.09. The number of diazo groups is 2. The molecule has 0 amide bonds. The highest BCUT2D eigenvalue weighted by Crippen LogP contribution is 2.32. The van der Waals surface area contributed by atoms with Gasteiger partial charge in [0.15, 0.2) is 9.95 Å². The van der Waals surface area contributed by atoms with Crippen molar-refractivity contribution in [3.63, 3.8) is 0 Å². The molecule has 2 aromatic carbocycles. The van der Waals surface area contributed by atoms with Crippen LogP contribution in [0.5, 0.6) is 0 Å². The molecule has 0 saturated carbocycles. The molecule has 0 bridgehead atoms. The molecule has 0 aliphatic heterocycles. The molecular formula is C10H6N4+2. The van der Waals surface area contributed by atoms with Gasteiger partial charge >= 0.3 is 11.4 Å². The normalized spacial score (nSPS) is 9.29. The van der Waals surface area contributed by atoms with Crippen LogP contribution < -0.4 is 0 Å². The third kappa shape index (κ3) is 1.07. The van der Waals surface area contributed by atoms with Gasteiger partial charge in [0.25, 0.3) is 0 Å². The molecule has 14 heavy (non-hydrogen) atoms. The fourth-order valence-electron chi connectivity index (χ4n) is 1.45. The molecule has 0 fully saturated rings. The molecule has 0 aliphatic rings. The number of nitrogens with zero attached hydrogens (tertiary/aromatic N) is 4. The maximum Gasteiger partial charge on any atom is 0.393 e. The van der Waals surface area contributed by atoms with Crippen molar-refractivity contribution < 1.29 is 0 Å². The van der Waals surface area contributed by atoms with Gasteiger partial charge in [-0.05, 0) is 12.1 Å². The van der Waals surface area contributed by atoms with Crippen molar-refractivity contribution in [3.05, 3.63) is 46.4 Å². The average Bonchev–Trinajstić information content (AvgIpc) is 2.27. The van der Waals surface area contributed by atoms with Gasteiger partial charge in [0.2, 0.25) is 10.8 Å². The molecule has 64 valence electrons. The highest BCUT2D eigenvalue weighted by Gasteiger charge is 2.17. The van der Waals surface area contributed by atoms with Gasteiger partial charge in [0, 0.05) is 12.1 Å². The molecule has 0 radical (unpaired) electrons. The van der Waals surface area contributed by atoms with Crippen LogP contribution in [0.3, 0.4) is 0 Å². The zero-order chi connectivity index (χ0) is 9.97. The van der Waals surface area contributed by atoms with Gasteiger partial charge in [-0.3, -0.25) is 0 Å². The molecule has 0 aliphatic carbocycles. The van der Waals surface area contributed by atoms with Crippen LogP contribution in [0.4, 0.5) is 11.4 Å². The smallest absolute Gasteiger partial charge is 0.0533 e. The van der Waals surface area contributed by atoms with E-state index in [2.05, 4.69) is 9.95 Å². The van der Waals surface area contributed by atoms with Crippen LogP contribution >= 0.6 is 0 Å². The fraction of sp³-hybridized carbons (Fsp3) is 0. The Morgan fingerprint density at radius 1 is 0.714 bits per heavy atom. The summed E-state index contributed by atoms with van der Waals surface area (Å²) in [7, 11) is 0. The van der Waals surface area contributed by atoms with Gasteiger partial charge < -0.3 is 0 Å². The topological polar surface area (TPSA) is 56.3 Å². The summed E-state index contributed by atoms with van der Waals surface area (Å²) in [6.07, 6.45) is 0. The van der Waals surface area contributed by atoms with Crippen LogP contribution in [0.2, 0.25) is 0 Å². The predicted octanol–water partition coefficient (Wildman–Crippen LogP) is 3.81. The summed E-state index contributed by atoms with van der Waals surface area (Å²) in [5.74, 6) is 0. The Morgan fingerprint density at radius 3 is 1.50 bits per heavy atom. The molecule has 0 unspecified atom stereocenters.